The third-order valence-electron chi connectivity index (χ3n) is 5.32. The molecule has 0 N–H and O–H groups in total. The number of halogens is 3. The van der Waals surface area contributed by atoms with Crippen molar-refractivity contribution in [3.8, 4) is 0 Å². The molecule has 7 heteroatoms. The average Bonchev–Trinajstić information content (AvgIpc) is 3.15. The predicted octanol–water partition coefficient (Wildman–Crippen LogP) is 3.55. The van der Waals surface area contributed by atoms with Gasteiger partial charge in [0.2, 0.25) is 5.91 Å². The van der Waals surface area contributed by atoms with E-state index in [1.807, 2.05) is 13.1 Å². The number of amides is 1. The Morgan fingerprint density at radius 1 is 1.25 bits per heavy atom. The van der Waals surface area contributed by atoms with Gasteiger partial charge >= 0.3 is 6.18 Å². The molecule has 0 bridgehead atoms. The largest absolute Gasteiger partial charge is 0.392 e. The van der Waals surface area contributed by atoms with Crippen LogP contribution in [0.2, 0.25) is 0 Å². The van der Waals surface area contributed by atoms with E-state index in [1.54, 1.807) is 15.8 Å². The van der Waals surface area contributed by atoms with Crippen LogP contribution in [0.3, 0.4) is 0 Å². The lowest BCUT2D eigenvalue weighted by molar-refractivity contribution is -0.201. The highest BCUT2D eigenvalue weighted by Gasteiger charge is 2.49. The summed E-state index contributed by atoms with van der Waals surface area (Å²) in [5.74, 6) is -2.69. The molecule has 134 valence electrons. The van der Waals surface area contributed by atoms with Gasteiger partial charge in [-0.2, -0.15) is 18.3 Å². The molecule has 3 atom stereocenters. The second-order valence-electron chi connectivity index (χ2n) is 7.11. The lowest BCUT2D eigenvalue weighted by atomic mass is 9.78. The molecule has 1 aromatic rings. The normalized spacial score (nSPS) is 28.3. The van der Waals surface area contributed by atoms with Crippen LogP contribution in [-0.4, -0.2) is 39.4 Å². The summed E-state index contributed by atoms with van der Waals surface area (Å²) < 4.78 is 41.7. The van der Waals surface area contributed by atoms with Crippen LogP contribution in [-0.2, 0) is 11.3 Å². The Morgan fingerprint density at radius 2 is 2.00 bits per heavy atom. The molecule has 1 saturated carbocycles. The first-order valence-electron chi connectivity index (χ1n) is 8.72. The Labute approximate surface area is 140 Å². The zero-order valence-corrected chi connectivity index (χ0v) is 13.9. The van der Waals surface area contributed by atoms with E-state index in [-0.39, 0.29) is 18.4 Å². The minimum Gasteiger partial charge on any atom is -0.338 e. The number of carbonyl (C=O) groups is 1. The fraction of sp³-hybridized carbons (Fsp3) is 0.765. The van der Waals surface area contributed by atoms with Crippen molar-refractivity contribution in [2.75, 3.05) is 6.54 Å². The van der Waals surface area contributed by atoms with Crippen LogP contribution in [0, 0.1) is 18.8 Å². The molecule has 1 amide bonds. The molecular formula is C17H24F3N3O. The summed E-state index contributed by atoms with van der Waals surface area (Å²) in [5, 5.41) is 4.24. The Hall–Kier alpha value is -1.53. The van der Waals surface area contributed by atoms with Crippen molar-refractivity contribution in [2.24, 2.45) is 11.8 Å². The fourth-order valence-corrected chi connectivity index (χ4v) is 4.13. The van der Waals surface area contributed by atoms with E-state index < -0.39 is 18.0 Å². The molecule has 3 rings (SSSR count). The molecule has 1 saturated heterocycles. The van der Waals surface area contributed by atoms with Crippen molar-refractivity contribution >= 4 is 5.91 Å². The van der Waals surface area contributed by atoms with Crippen molar-refractivity contribution in [3.63, 3.8) is 0 Å². The summed E-state index contributed by atoms with van der Waals surface area (Å²) in [5.41, 5.74) is 1.04. The molecule has 1 aliphatic carbocycles. The standard InChI is InChI=1S/C17H24F3N3O/c1-12-9-21-22(10-12)11-13-5-4-8-23(13)16(24)14-6-2-3-7-15(14)17(18,19)20/h9-10,13-15H,2-8,11H2,1H3/t13-,14+,15+/m0/s1. The SMILES string of the molecule is Cc1cnn(C[C@@H]2CCCN2C(=O)[C@@H]2CCCC[C@H]2C(F)(F)F)c1. The zero-order valence-electron chi connectivity index (χ0n) is 13.9. The van der Waals surface area contributed by atoms with Crippen molar-refractivity contribution in [1.29, 1.82) is 0 Å². The second-order valence-corrected chi connectivity index (χ2v) is 7.11. The molecular weight excluding hydrogens is 319 g/mol. The molecule has 1 aromatic heterocycles. The third kappa shape index (κ3) is 3.59. The van der Waals surface area contributed by atoms with Gasteiger partial charge in [0.25, 0.3) is 0 Å². The number of rotatable bonds is 3. The first kappa shape index (κ1) is 17.3. The van der Waals surface area contributed by atoms with E-state index in [2.05, 4.69) is 5.10 Å². The average molecular weight is 343 g/mol. The van der Waals surface area contributed by atoms with Gasteiger partial charge in [0.05, 0.1) is 24.7 Å². The van der Waals surface area contributed by atoms with Gasteiger partial charge in [-0.15, -0.1) is 0 Å². The van der Waals surface area contributed by atoms with Gasteiger partial charge in [-0.3, -0.25) is 9.48 Å². The number of nitrogens with zero attached hydrogens (tertiary/aromatic N) is 3. The van der Waals surface area contributed by atoms with E-state index >= 15 is 0 Å². The molecule has 2 aliphatic rings. The fourth-order valence-electron chi connectivity index (χ4n) is 4.13. The molecule has 0 unspecified atom stereocenters. The predicted molar refractivity (Wildman–Crippen MR) is 83.2 cm³/mol. The van der Waals surface area contributed by atoms with Crippen LogP contribution in [0.15, 0.2) is 12.4 Å². The summed E-state index contributed by atoms with van der Waals surface area (Å²) in [6.45, 7) is 3.06. The first-order valence-corrected chi connectivity index (χ1v) is 8.72. The second kappa shape index (κ2) is 6.76. The summed E-state index contributed by atoms with van der Waals surface area (Å²) in [7, 11) is 0. The summed E-state index contributed by atoms with van der Waals surface area (Å²) >= 11 is 0. The summed E-state index contributed by atoms with van der Waals surface area (Å²) in [4.78, 5) is 14.5. The number of alkyl halides is 3. The van der Waals surface area contributed by atoms with Gasteiger partial charge in [-0.05, 0) is 38.2 Å². The van der Waals surface area contributed by atoms with Gasteiger partial charge in [-0.25, -0.2) is 0 Å². The minimum atomic E-state index is -4.28. The molecule has 2 heterocycles. The van der Waals surface area contributed by atoms with Gasteiger partial charge in [0, 0.05) is 18.7 Å². The van der Waals surface area contributed by atoms with E-state index in [0.29, 0.717) is 32.4 Å². The Bertz CT molecular complexity index is 584. The maximum atomic E-state index is 13.3. The Balaban J connectivity index is 1.72. The van der Waals surface area contributed by atoms with E-state index in [0.717, 1.165) is 18.4 Å². The number of aryl methyl sites for hydroxylation is 1. The lowest BCUT2D eigenvalue weighted by Gasteiger charge is -2.36. The summed E-state index contributed by atoms with van der Waals surface area (Å²) in [6.07, 6.45) is 2.75. The van der Waals surface area contributed by atoms with Gasteiger partial charge in [0.15, 0.2) is 0 Å². The molecule has 0 radical (unpaired) electrons. The lowest BCUT2D eigenvalue weighted by Crippen LogP contribution is -2.47. The van der Waals surface area contributed by atoms with Crippen LogP contribution in [0.25, 0.3) is 0 Å². The molecule has 2 fully saturated rings. The van der Waals surface area contributed by atoms with Crippen LogP contribution in [0.1, 0.15) is 44.1 Å². The molecule has 4 nitrogen and oxygen atoms in total. The van der Waals surface area contributed by atoms with Crippen molar-refractivity contribution in [1.82, 2.24) is 14.7 Å². The van der Waals surface area contributed by atoms with Crippen molar-refractivity contribution < 1.29 is 18.0 Å². The Kier molecular flexibility index (Phi) is 4.88. The quantitative estimate of drug-likeness (QED) is 0.842. The maximum Gasteiger partial charge on any atom is 0.392 e. The van der Waals surface area contributed by atoms with Gasteiger partial charge in [0.1, 0.15) is 0 Å². The van der Waals surface area contributed by atoms with E-state index in [4.69, 9.17) is 0 Å². The smallest absolute Gasteiger partial charge is 0.338 e. The molecule has 24 heavy (non-hydrogen) atoms. The number of aromatic nitrogens is 2. The maximum absolute atomic E-state index is 13.3. The Morgan fingerprint density at radius 3 is 2.67 bits per heavy atom. The minimum absolute atomic E-state index is 0.0485. The molecule has 0 aromatic carbocycles. The third-order valence-corrected chi connectivity index (χ3v) is 5.32. The highest BCUT2D eigenvalue weighted by Crippen LogP contribution is 2.42. The van der Waals surface area contributed by atoms with Crippen molar-refractivity contribution in [3.05, 3.63) is 18.0 Å². The highest BCUT2D eigenvalue weighted by atomic mass is 19.4. The monoisotopic (exact) mass is 343 g/mol. The van der Waals surface area contributed by atoms with Crippen LogP contribution in [0.4, 0.5) is 13.2 Å². The van der Waals surface area contributed by atoms with Gasteiger partial charge in [-0.1, -0.05) is 12.8 Å². The zero-order chi connectivity index (χ0) is 17.3. The highest BCUT2D eigenvalue weighted by molar-refractivity contribution is 5.80. The van der Waals surface area contributed by atoms with Crippen LogP contribution in [0.5, 0.6) is 0 Å². The number of likely N-dealkylation sites (tertiary alicyclic amines) is 1. The number of carbonyl (C=O) groups excluding carboxylic acids is 1. The van der Waals surface area contributed by atoms with Crippen LogP contribution >= 0.6 is 0 Å². The van der Waals surface area contributed by atoms with Crippen LogP contribution < -0.4 is 0 Å². The van der Waals surface area contributed by atoms with E-state index in [1.165, 1.54) is 0 Å². The molecule has 0 spiro atoms. The summed E-state index contributed by atoms with van der Waals surface area (Å²) in [6, 6.07) is -0.0485. The number of hydrogen-bond acceptors (Lipinski definition) is 2. The van der Waals surface area contributed by atoms with E-state index in [9.17, 15) is 18.0 Å². The number of hydrogen-bond donors (Lipinski definition) is 0. The first-order chi connectivity index (χ1) is 11.4. The van der Waals surface area contributed by atoms with Gasteiger partial charge < -0.3 is 4.90 Å². The topological polar surface area (TPSA) is 38.1 Å². The van der Waals surface area contributed by atoms with Crippen molar-refractivity contribution in [2.45, 2.75) is 64.2 Å². The molecule has 1 aliphatic heterocycles.